The molecule has 0 amide bonds. The summed E-state index contributed by atoms with van der Waals surface area (Å²) in [6.07, 6.45) is 1.36. The highest BCUT2D eigenvalue weighted by Crippen LogP contribution is 2.25. The Hall–Kier alpha value is -0.900. The number of nitrogens with one attached hydrogen (secondary N) is 1. The van der Waals surface area contributed by atoms with Gasteiger partial charge >= 0.3 is 0 Å². The van der Waals surface area contributed by atoms with E-state index in [0.29, 0.717) is 0 Å². The van der Waals surface area contributed by atoms with Crippen LogP contribution in [-0.4, -0.2) is 93.7 Å². The zero-order valence-electron chi connectivity index (χ0n) is 18.5. The highest BCUT2D eigenvalue weighted by molar-refractivity contribution is 14.0. The molecule has 0 saturated carbocycles. The molecule has 1 N–H and O–H groups in total. The smallest absolute Gasteiger partial charge is 0.193 e. The molecule has 1 unspecified atom stereocenters. The Labute approximate surface area is 193 Å². The third-order valence-corrected chi connectivity index (χ3v) is 5.87. The number of morpholine rings is 1. The molecular weight excluding hydrogens is 477 g/mol. The Morgan fingerprint density at radius 2 is 2.00 bits per heavy atom. The summed E-state index contributed by atoms with van der Waals surface area (Å²) in [5.74, 6) is 0.991. The van der Waals surface area contributed by atoms with Crippen LogP contribution >= 0.6 is 24.0 Å². The molecule has 1 aromatic carbocycles. The zero-order valence-corrected chi connectivity index (χ0v) is 20.8. The lowest BCUT2D eigenvalue weighted by Gasteiger charge is -2.36. The van der Waals surface area contributed by atoms with Gasteiger partial charge in [-0.05, 0) is 51.5 Å². The van der Waals surface area contributed by atoms with E-state index >= 15 is 0 Å². The van der Waals surface area contributed by atoms with E-state index in [1.807, 2.05) is 7.05 Å². The first-order valence-corrected chi connectivity index (χ1v) is 10.6. The van der Waals surface area contributed by atoms with Gasteiger partial charge in [-0.15, -0.1) is 24.0 Å². The van der Waals surface area contributed by atoms with E-state index in [0.717, 1.165) is 51.8 Å². The van der Waals surface area contributed by atoms with Gasteiger partial charge in [0.05, 0.1) is 13.2 Å². The fraction of sp³-hybridized carbons (Fsp3) is 0.682. The minimum Gasteiger partial charge on any atom is -0.370 e. The number of hydrogen-bond donors (Lipinski definition) is 1. The van der Waals surface area contributed by atoms with E-state index in [-0.39, 0.29) is 30.1 Å². The van der Waals surface area contributed by atoms with Crippen LogP contribution in [0.3, 0.4) is 0 Å². The van der Waals surface area contributed by atoms with Crippen molar-refractivity contribution in [1.29, 1.82) is 0 Å². The Bertz CT molecular complexity index is 669. The first-order chi connectivity index (χ1) is 13.6. The number of halogens is 1. The molecule has 7 heteroatoms. The lowest BCUT2D eigenvalue weighted by atomic mass is 10.00. The van der Waals surface area contributed by atoms with Crippen LogP contribution in [0.25, 0.3) is 0 Å². The van der Waals surface area contributed by atoms with E-state index < -0.39 is 0 Å². The predicted octanol–water partition coefficient (Wildman–Crippen LogP) is 2.51. The standard InChI is InChI=1S/C22H37N5O.HI/c1-18-6-7-20(19(2)16-18)21-17-27(14-15-28-21)22(23-3)24-8-11-26-10-5-9-25(4)12-13-26;/h6-7,16,21H,5,8-15,17H2,1-4H3,(H,23,24);1H. The molecule has 0 aliphatic carbocycles. The van der Waals surface area contributed by atoms with Gasteiger partial charge in [-0.25, -0.2) is 0 Å². The van der Waals surface area contributed by atoms with Gasteiger partial charge in [0.1, 0.15) is 6.10 Å². The van der Waals surface area contributed by atoms with Crippen molar-refractivity contribution in [2.45, 2.75) is 26.4 Å². The van der Waals surface area contributed by atoms with E-state index in [9.17, 15) is 0 Å². The molecule has 29 heavy (non-hydrogen) atoms. The lowest BCUT2D eigenvalue weighted by molar-refractivity contribution is -0.00834. The third-order valence-electron chi connectivity index (χ3n) is 5.87. The van der Waals surface area contributed by atoms with Crippen LogP contribution in [-0.2, 0) is 4.74 Å². The van der Waals surface area contributed by atoms with Crippen LogP contribution in [0.2, 0.25) is 0 Å². The minimum atomic E-state index is 0. The molecule has 6 nitrogen and oxygen atoms in total. The lowest BCUT2D eigenvalue weighted by Crippen LogP contribution is -2.49. The molecule has 0 aromatic heterocycles. The van der Waals surface area contributed by atoms with Crippen LogP contribution < -0.4 is 5.32 Å². The fourth-order valence-corrected chi connectivity index (χ4v) is 4.20. The fourth-order valence-electron chi connectivity index (χ4n) is 4.20. The van der Waals surface area contributed by atoms with E-state index in [1.54, 1.807) is 0 Å². The number of aryl methyl sites for hydroxylation is 2. The second-order valence-electron chi connectivity index (χ2n) is 8.14. The average Bonchev–Trinajstić information content (AvgIpc) is 2.89. The Morgan fingerprint density at radius 1 is 1.17 bits per heavy atom. The Morgan fingerprint density at radius 3 is 2.76 bits per heavy atom. The van der Waals surface area contributed by atoms with Crippen LogP contribution in [0.4, 0.5) is 0 Å². The molecule has 0 bridgehead atoms. The van der Waals surface area contributed by atoms with Gasteiger partial charge in [0.25, 0.3) is 0 Å². The number of guanidine groups is 1. The maximum absolute atomic E-state index is 6.10. The minimum absolute atomic E-state index is 0. The summed E-state index contributed by atoms with van der Waals surface area (Å²) in [6, 6.07) is 6.63. The molecule has 1 atom stereocenters. The molecule has 2 fully saturated rings. The molecule has 2 aliphatic rings. The van der Waals surface area contributed by atoms with Crippen molar-refractivity contribution in [3.05, 3.63) is 34.9 Å². The van der Waals surface area contributed by atoms with E-state index in [2.05, 4.69) is 64.1 Å². The first kappa shape index (κ1) is 24.4. The van der Waals surface area contributed by atoms with Crippen molar-refractivity contribution in [3.8, 4) is 0 Å². The van der Waals surface area contributed by atoms with Gasteiger partial charge in [-0.3, -0.25) is 4.99 Å². The van der Waals surface area contributed by atoms with Crippen LogP contribution in [0.15, 0.2) is 23.2 Å². The third kappa shape index (κ3) is 7.08. The molecule has 0 spiro atoms. The summed E-state index contributed by atoms with van der Waals surface area (Å²) in [5, 5.41) is 3.58. The summed E-state index contributed by atoms with van der Waals surface area (Å²) in [7, 11) is 4.10. The molecule has 0 radical (unpaired) electrons. The molecule has 2 heterocycles. The number of benzene rings is 1. The number of aliphatic imine (C=N–C) groups is 1. The van der Waals surface area contributed by atoms with Gasteiger partial charge in [0, 0.05) is 39.8 Å². The van der Waals surface area contributed by atoms with Crippen LogP contribution in [0, 0.1) is 13.8 Å². The summed E-state index contributed by atoms with van der Waals surface area (Å²) >= 11 is 0. The predicted molar refractivity (Wildman–Crippen MR) is 132 cm³/mol. The SMILES string of the molecule is CN=C(NCCN1CCCN(C)CC1)N1CCOC(c2ccc(C)cc2C)C1.I. The largest absolute Gasteiger partial charge is 0.370 e. The maximum Gasteiger partial charge on any atom is 0.193 e. The second-order valence-corrected chi connectivity index (χ2v) is 8.14. The zero-order chi connectivity index (χ0) is 19.9. The highest BCUT2D eigenvalue weighted by atomic mass is 127. The molecular formula is C22H38IN5O. The summed E-state index contributed by atoms with van der Waals surface area (Å²) in [4.78, 5) is 11.9. The number of ether oxygens (including phenoxy) is 1. The van der Waals surface area contributed by atoms with E-state index in [1.165, 1.54) is 36.2 Å². The van der Waals surface area contributed by atoms with E-state index in [4.69, 9.17) is 4.74 Å². The molecule has 2 saturated heterocycles. The second kappa shape index (κ2) is 12.1. The maximum atomic E-state index is 6.10. The summed E-state index contributed by atoms with van der Waals surface area (Å²) < 4.78 is 6.10. The molecule has 3 rings (SSSR count). The van der Waals surface area contributed by atoms with Crippen molar-refractivity contribution >= 4 is 29.9 Å². The normalized spacial score (nSPS) is 22.1. The Kier molecular flexibility index (Phi) is 10.1. The summed E-state index contributed by atoms with van der Waals surface area (Å²) in [6.45, 7) is 13.5. The average molecular weight is 515 g/mol. The number of hydrogen-bond acceptors (Lipinski definition) is 4. The molecule has 1 aromatic rings. The van der Waals surface area contributed by atoms with Gasteiger partial charge in [-0.1, -0.05) is 23.8 Å². The van der Waals surface area contributed by atoms with Gasteiger partial charge in [0.15, 0.2) is 5.96 Å². The van der Waals surface area contributed by atoms with Crippen molar-refractivity contribution in [2.24, 2.45) is 4.99 Å². The van der Waals surface area contributed by atoms with Crippen molar-refractivity contribution in [2.75, 3.05) is 73.1 Å². The quantitative estimate of drug-likeness (QED) is 0.380. The topological polar surface area (TPSA) is 43.3 Å². The van der Waals surface area contributed by atoms with Crippen molar-refractivity contribution in [1.82, 2.24) is 20.0 Å². The number of nitrogens with zero attached hydrogens (tertiary/aromatic N) is 4. The van der Waals surface area contributed by atoms with Gasteiger partial charge in [0.2, 0.25) is 0 Å². The molecule has 2 aliphatic heterocycles. The van der Waals surface area contributed by atoms with Gasteiger partial charge in [-0.2, -0.15) is 0 Å². The van der Waals surface area contributed by atoms with Crippen molar-refractivity contribution in [3.63, 3.8) is 0 Å². The first-order valence-electron chi connectivity index (χ1n) is 10.6. The summed E-state index contributed by atoms with van der Waals surface area (Å²) in [5.41, 5.74) is 3.89. The molecule has 164 valence electrons. The number of rotatable bonds is 4. The van der Waals surface area contributed by atoms with Crippen LogP contribution in [0.1, 0.15) is 29.2 Å². The monoisotopic (exact) mass is 515 g/mol. The van der Waals surface area contributed by atoms with Crippen LogP contribution in [0.5, 0.6) is 0 Å². The number of likely N-dealkylation sites (N-methyl/N-ethyl adjacent to an activating group) is 1. The van der Waals surface area contributed by atoms with Crippen molar-refractivity contribution < 1.29 is 4.74 Å². The van der Waals surface area contributed by atoms with Gasteiger partial charge < -0.3 is 24.8 Å². The Balaban J connectivity index is 0.00000300. The highest BCUT2D eigenvalue weighted by Gasteiger charge is 2.25.